The van der Waals surface area contributed by atoms with Gasteiger partial charge >= 0.3 is 0 Å². The molecule has 0 bridgehead atoms. The third-order valence-corrected chi connectivity index (χ3v) is 4.28. The molecule has 126 valence electrons. The van der Waals surface area contributed by atoms with E-state index in [1.165, 1.54) is 12.4 Å². The van der Waals surface area contributed by atoms with Gasteiger partial charge in [-0.05, 0) is 31.2 Å². The lowest BCUT2D eigenvalue weighted by Gasteiger charge is -2.38. The minimum absolute atomic E-state index is 0.172. The van der Waals surface area contributed by atoms with E-state index in [4.69, 9.17) is 4.74 Å². The molecule has 0 spiro atoms. The van der Waals surface area contributed by atoms with E-state index in [0.717, 1.165) is 5.56 Å². The van der Waals surface area contributed by atoms with Crippen LogP contribution in [0.5, 0.6) is 5.88 Å². The van der Waals surface area contributed by atoms with Crippen molar-refractivity contribution in [1.29, 1.82) is 0 Å². The number of amides is 1. The number of nitrogens with one attached hydrogen (secondary N) is 1. The van der Waals surface area contributed by atoms with Crippen LogP contribution in [0.2, 0.25) is 0 Å². The molecule has 1 saturated carbocycles. The van der Waals surface area contributed by atoms with Gasteiger partial charge in [-0.1, -0.05) is 6.07 Å². The van der Waals surface area contributed by atoms with Crippen LogP contribution in [0, 0.1) is 12.8 Å². The molecule has 0 radical (unpaired) electrons. The molecule has 2 aromatic heterocycles. The highest BCUT2D eigenvalue weighted by Gasteiger charge is 2.36. The van der Waals surface area contributed by atoms with Crippen LogP contribution in [0.25, 0.3) is 0 Å². The first-order chi connectivity index (χ1) is 11.6. The van der Waals surface area contributed by atoms with Gasteiger partial charge in [0.25, 0.3) is 5.91 Å². The fourth-order valence-electron chi connectivity index (χ4n) is 2.81. The van der Waals surface area contributed by atoms with Gasteiger partial charge in [0.15, 0.2) is 0 Å². The Balaban J connectivity index is 1.79. The summed E-state index contributed by atoms with van der Waals surface area (Å²) in [6.45, 7) is 1.77. The third kappa shape index (κ3) is 3.51. The molecule has 2 heterocycles. The smallest absolute Gasteiger partial charge is 0.254 e. The monoisotopic (exact) mass is 328 g/mol. The average molecular weight is 328 g/mol. The van der Waals surface area contributed by atoms with Crippen molar-refractivity contribution in [3.05, 3.63) is 47.7 Å². The minimum Gasteiger partial charge on any atom is -0.481 e. The molecule has 7 nitrogen and oxygen atoms in total. The molecule has 24 heavy (non-hydrogen) atoms. The van der Waals surface area contributed by atoms with Gasteiger partial charge in [0.1, 0.15) is 5.82 Å². The Morgan fingerprint density at radius 3 is 2.50 bits per heavy atom. The normalized spacial score (nSPS) is 20.8. The predicted molar refractivity (Wildman–Crippen MR) is 86.5 cm³/mol. The highest BCUT2D eigenvalue weighted by Crippen LogP contribution is 2.38. The SMILES string of the molecule is COc1ccc([C@H](NC(=O)c2cnc(C)nc2)C2CC(O)C2)cn1. The number of pyridine rings is 1. The van der Waals surface area contributed by atoms with Gasteiger partial charge in [0.2, 0.25) is 5.88 Å². The maximum Gasteiger partial charge on any atom is 0.254 e. The maximum absolute atomic E-state index is 12.5. The second-order valence-corrected chi connectivity index (χ2v) is 5.99. The van der Waals surface area contributed by atoms with Gasteiger partial charge in [-0.15, -0.1) is 0 Å². The summed E-state index contributed by atoms with van der Waals surface area (Å²) in [6, 6.07) is 3.42. The summed E-state index contributed by atoms with van der Waals surface area (Å²) in [4.78, 5) is 24.8. The second-order valence-electron chi connectivity index (χ2n) is 5.99. The Morgan fingerprint density at radius 1 is 1.25 bits per heavy atom. The molecule has 7 heteroatoms. The quantitative estimate of drug-likeness (QED) is 0.862. The first-order valence-corrected chi connectivity index (χ1v) is 7.84. The molecule has 0 aliphatic heterocycles. The highest BCUT2D eigenvalue weighted by molar-refractivity contribution is 5.93. The number of aryl methyl sites for hydroxylation is 1. The largest absolute Gasteiger partial charge is 0.481 e. The number of ether oxygens (including phenoxy) is 1. The number of aliphatic hydroxyl groups excluding tert-OH is 1. The number of nitrogens with zero attached hydrogens (tertiary/aromatic N) is 3. The molecule has 1 aliphatic rings. The number of aliphatic hydroxyl groups is 1. The van der Waals surface area contributed by atoms with Crippen molar-refractivity contribution in [2.75, 3.05) is 7.11 Å². The molecule has 0 aromatic carbocycles. The van der Waals surface area contributed by atoms with Crippen LogP contribution in [-0.4, -0.2) is 39.2 Å². The van der Waals surface area contributed by atoms with Crippen molar-refractivity contribution < 1.29 is 14.6 Å². The van der Waals surface area contributed by atoms with Crippen molar-refractivity contribution in [1.82, 2.24) is 20.3 Å². The van der Waals surface area contributed by atoms with E-state index in [0.29, 0.717) is 30.1 Å². The van der Waals surface area contributed by atoms with Crippen LogP contribution < -0.4 is 10.1 Å². The summed E-state index contributed by atoms with van der Waals surface area (Å²) in [5.41, 5.74) is 1.29. The number of carbonyl (C=O) groups excluding carboxylic acids is 1. The lowest BCUT2D eigenvalue weighted by molar-refractivity contribution is 0.0234. The number of methoxy groups -OCH3 is 1. The Labute approximate surface area is 140 Å². The van der Waals surface area contributed by atoms with E-state index in [2.05, 4.69) is 20.3 Å². The zero-order chi connectivity index (χ0) is 17.1. The standard InChI is InChI=1S/C17H20N4O3/c1-10-18-8-13(9-19-10)17(23)21-16(12-5-14(22)6-12)11-3-4-15(24-2)20-7-11/h3-4,7-9,12,14,16,22H,5-6H2,1-2H3,(H,21,23)/t12?,14?,16-/m0/s1. The van der Waals surface area contributed by atoms with Crippen LogP contribution in [0.1, 0.15) is 40.6 Å². The van der Waals surface area contributed by atoms with Crippen molar-refractivity contribution >= 4 is 5.91 Å². The first kappa shape index (κ1) is 16.3. The molecule has 1 amide bonds. The van der Waals surface area contributed by atoms with E-state index in [-0.39, 0.29) is 24.0 Å². The summed E-state index contributed by atoms with van der Waals surface area (Å²) >= 11 is 0. The molecule has 2 aromatic rings. The van der Waals surface area contributed by atoms with Crippen LogP contribution in [-0.2, 0) is 0 Å². The van der Waals surface area contributed by atoms with Crippen LogP contribution in [0.15, 0.2) is 30.7 Å². The van der Waals surface area contributed by atoms with Crippen LogP contribution in [0.4, 0.5) is 0 Å². The lowest BCUT2D eigenvalue weighted by Crippen LogP contribution is -2.41. The van der Waals surface area contributed by atoms with Gasteiger partial charge in [-0.3, -0.25) is 4.79 Å². The lowest BCUT2D eigenvalue weighted by atomic mass is 9.75. The molecular weight excluding hydrogens is 308 g/mol. The molecule has 1 atom stereocenters. The Hall–Kier alpha value is -2.54. The van der Waals surface area contributed by atoms with Crippen molar-refractivity contribution in [3.8, 4) is 5.88 Å². The van der Waals surface area contributed by atoms with Gasteiger partial charge in [0.05, 0.1) is 24.8 Å². The number of carbonyl (C=O) groups is 1. The van der Waals surface area contributed by atoms with Crippen molar-refractivity contribution in [2.45, 2.75) is 31.9 Å². The molecule has 1 fully saturated rings. The Morgan fingerprint density at radius 2 is 1.96 bits per heavy atom. The number of hydrogen-bond acceptors (Lipinski definition) is 6. The van der Waals surface area contributed by atoms with E-state index in [1.54, 1.807) is 26.3 Å². The number of hydrogen-bond donors (Lipinski definition) is 2. The molecule has 3 rings (SSSR count). The first-order valence-electron chi connectivity index (χ1n) is 7.84. The van der Waals surface area contributed by atoms with E-state index in [1.807, 2.05) is 6.07 Å². The summed E-state index contributed by atoms with van der Waals surface area (Å²) in [5.74, 6) is 1.07. The van der Waals surface area contributed by atoms with Gasteiger partial charge in [0, 0.05) is 24.7 Å². The Bertz CT molecular complexity index is 697. The zero-order valence-electron chi connectivity index (χ0n) is 13.6. The molecule has 0 saturated heterocycles. The molecule has 1 aliphatic carbocycles. The topological polar surface area (TPSA) is 97.2 Å². The second kappa shape index (κ2) is 6.92. The molecular formula is C17H20N4O3. The van der Waals surface area contributed by atoms with Gasteiger partial charge < -0.3 is 15.2 Å². The Kier molecular flexibility index (Phi) is 4.71. The fourth-order valence-corrected chi connectivity index (χ4v) is 2.81. The number of rotatable bonds is 5. The zero-order valence-corrected chi connectivity index (χ0v) is 13.6. The van der Waals surface area contributed by atoms with E-state index < -0.39 is 0 Å². The number of aromatic nitrogens is 3. The van der Waals surface area contributed by atoms with Gasteiger partial charge in [-0.2, -0.15) is 0 Å². The summed E-state index contributed by atoms with van der Waals surface area (Å²) in [5, 5.41) is 12.6. The predicted octanol–water partition coefficient (Wildman–Crippen LogP) is 1.43. The van der Waals surface area contributed by atoms with Gasteiger partial charge in [-0.25, -0.2) is 15.0 Å². The summed E-state index contributed by atoms with van der Waals surface area (Å²) < 4.78 is 5.07. The van der Waals surface area contributed by atoms with E-state index in [9.17, 15) is 9.90 Å². The minimum atomic E-state index is -0.302. The molecule has 2 N–H and O–H groups in total. The highest BCUT2D eigenvalue weighted by atomic mass is 16.5. The van der Waals surface area contributed by atoms with Crippen molar-refractivity contribution in [2.24, 2.45) is 5.92 Å². The maximum atomic E-state index is 12.5. The fraction of sp³-hybridized carbons (Fsp3) is 0.412. The summed E-state index contributed by atoms with van der Waals surface area (Å²) in [6.07, 6.45) is 5.72. The third-order valence-electron chi connectivity index (χ3n) is 4.28. The summed E-state index contributed by atoms with van der Waals surface area (Å²) in [7, 11) is 1.56. The average Bonchev–Trinajstić information content (AvgIpc) is 2.58. The van der Waals surface area contributed by atoms with E-state index >= 15 is 0 Å². The van der Waals surface area contributed by atoms with Crippen LogP contribution in [0.3, 0.4) is 0 Å². The molecule has 0 unspecified atom stereocenters. The van der Waals surface area contributed by atoms with Crippen LogP contribution >= 0.6 is 0 Å². The van der Waals surface area contributed by atoms with Crippen molar-refractivity contribution in [3.63, 3.8) is 0 Å².